The molecule has 2 fully saturated rings. The highest BCUT2D eigenvalue weighted by Crippen LogP contribution is 2.38. The van der Waals surface area contributed by atoms with Gasteiger partial charge in [-0.25, -0.2) is 8.42 Å². The van der Waals surface area contributed by atoms with Crippen molar-refractivity contribution < 1.29 is 17.9 Å². The maximum Gasteiger partial charge on any atom is 0.274 e. The second-order valence-corrected chi connectivity index (χ2v) is 10.9. The van der Waals surface area contributed by atoms with Crippen molar-refractivity contribution >= 4 is 33.4 Å². The second kappa shape index (κ2) is 8.64. The number of carbonyl (C=O) groups excluding carboxylic acids is 1. The van der Waals surface area contributed by atoms with Gasteiger partial charge in [0.15, 0.2) is 0 Å². The summed E-state index contributed by atoms with van der Waals surface area (Å²) >= 11 is 1.75. The molecule has 9 heteroatoms. The molecule has 2 heterocycles. The van der Waals surface area contributed by atoms with E-state index in [4.69, 9.17) is 4.74 Å². The average Bonchev–Trinajstić information content (AvgIpc) is 3.50. The molecule has 1 aromatic carbocycles. The first-order chi connectivity index (χ1) is 14.4. The van der Waals surface area contributed by atoms with Crippen molar-refractivity contribution in [1.29, 1.82) is 0 Å². The van der Waals surface area contributed by atoms with Crippen molar-refractivity contribution in [3.8, 4) is 5.75 Å². The van der Waals surface area contributed by atoms with E-state index in [2.05, 4.69) is 4.98 Å². The molecule has 1 aliphatic carbocycles. The molecule has 1 aliphatic heterocycles. The summed E-state index contributed by atoms with van der Waals surface area (Å²) in [6.07, 6.45) is 3.62. The molecule has 30 heavy (non-hydrogen) atoms. The van der Waals surface area contributed by atoms with Gasteiger partial charge < -0.3 is 14.6 Å². The largest absolute Gasteiger partial charge is 0.497 e. The molecular weight excluding hydrogens is 422 g/mol. The zero-order valence-electron chi connectivity index (χ0n) is 17.2. The van der Waals surface area contributed by atoms with E-state index in [0.717, 1.165) is 35.8 Å². The number of anilines is 1. The molecule has 162 valence electrons. The highest BCUT2D eigenvalue weighted by Gasteiger charge is 2.36. The van der Waals surface area contributed by atoms with Crippen LogP contribution in [0.4, 0.5) is 5.69 Å². The van der Waals surface area contributed by atoms with E-state index in [-0.39, 0.29) is 22.5 Å². The summed E-state index contributed by atoms with van der Waals surface area (Å²) < 4.78 is 32.6. The molecule has 0 radical (unpaired) electrons. The predicted octanol–water partition coefficient (Wildman–Crippen LogP) is 3.21. The van der Waals surface area contributed by atoms with Crippen molar-refractivity contribution in [2.75, 3.05) is 36.6 Å². The van der Waals surface area contributed by atoms with Crippen LogP contribution in [0.15, 0.2) is 41.4 Å². The SMILES string of the molecule is COc1ccc(N(C(=O)c2cc(S(=O)(=O)N3CCSCC3)c[nH]2)C(C)C2CC2)cc1. The molecule has 0 bridgehead atoms. The molecule has 2 aliphatic rings. The molecule has 2 aromatic rings. The van der Waals surface area contributed by atoms with Crippen LogP contribution in [0.3, 0.4) is 0 Å². The van der Waals surface area contributed by atoms with Crippen molar-refractivity contribution in [2.24, 2.45) is 5.92 Å². The maximum atomic E-state index is 13.4. The van der Waals surface area contributed by atoms with Crippen LogP contribution < -0.4 is 9.64 Å². The minimum atomic E-state index is -3.60. The standard InChI is InChI=1S/C21H27N3O4S2/c1-15(16-3-4-16)24(17-5-7-18(28-2)8-6-17)21(25)20-13-19(14-22-20)30(26,27)23-9-11-29-12-10-23/h5-8,13-16,22H,3-4,9-12H2,1-2H3. The quantitative estimate of drug-likeness (QED) is 0.702. The number of ether oxygens (including phenoxy) is 1. The summed E-state index contributed by atoms with van der Waals surface area (Å²) in [6.45, 7) is 3.04. The van der Waals surface area contributed by atoms with E-state index in [1.807, 2.05) is 31.2 Å². The monoisotopic (exact) mass is 449 g/mol. The number of carbonyl (C=O) groups is 1. The third-order valence-corrected chi connectivity index (χ3v) is 8.59. The first-order valence-corrected chi connectivity index (χ1v) is 12.7. The second-order valence-electron chi connectivity index (χ2n) is 7.72. The fraction of sp³-hybridized carbons (Fsp3) is 0.476. The summed E-state index contributed by atoms with van der Waals surface area (Å²) in [5, 5.41) is 0. The van der Waals surface area contributed by atoms with E-state index in [1.54, 1.807) is 23.8 Å². The maximum absolute atomic E-state index is 13.4. The number of sulfonamides is 1. The van der Waals surface area contributed by atoms with Gasteiger partial charge in [-0.05, 0) is 56.0 Å². The summed E-state index contributed by atoms with van der Waals surface area (Å²) in [5.74, 6) is 2.53. The smallest absolute Gasteiger partial charge is 0.274 e. The predicted molar refractivity (Wildman–Crippen MR) is 119 cm³/mol. The van der Waals surface area contributed by atoms with Gasteiger partial charge in [-0.3, -0.25) is 4.79 Å². The first kappa shape index (κ1) is 21.3. The Balaban J connectivity index is 1.61. The number of aromatic amines is 1. The van der Waals surface area contributed by atoms with Gasteiger partial charge in [0.05, 0.1) is 7.11 Å². The molecule has 1 atom stereocenters. The van der Waals surface area contributed by atoms with E-state index in [1.165, 1.54) is 16.6 Å². The lowest BCUT2D eigenvalue weighted by molar-refractivity contribution is 0.0971. The zero-order valence-corrected chi connectivity index (χ0v) is 18.8. The molecule has 7 nitrogen and oxygen atoms in total. The van der Waals surface area contributed by atoms with Crippen molar-refractivity contribution in [3.63, 3.8) is 0 Å². The van der Waals surface area contributed by atoms with Crippen molar-refractivity contribution in [2.45, 2.75) is 30.7 Å². The van der Waals surface area contributed by atoms with Crippen LogP contribution in [0.5, 0.6) is 5.75 Å². The molecule has 1 aromatic heterocycles. The Hall–Kier alpha value is -1.97. The Bertz CT molecular complexity index is 994. The Kier molecular flexibility index (Phi) is 6.13. The normalized spacial score (nSPS) is 18.7. The molecule has 4 rings (SSSR count). The highest BCUT2D eigenvalue weighted by molar-refractivity contribution is 7.99. The van der Waals surface area contributed by atoms with Gasteiger partial charge in [0.25, 0.3) is 5.91 Å². The van der Waals surface area contributed by atoms with Crippen molar-refractivity contribution in [1.82, 2.24) is 9.29 Å². The zero-order chi connectivity index (χ0) is 21.3. The molecule has 1 unspecified atom stereocenters. The van der Waals surface area contributed by atoms with Crippen LogP contribution in [0.25, 0.3) is 0 Å². The molecule has 1 amide bonds. The van der Waals surface area contributed by atoms with E-state index >= 15 is 0 Å². The van der Waals surface area contributed by atoms with Crippen molar-refractivity contribution in [3.05, 3.63) is 42.2 Å². The van der Waals surface area contributed by atoms with E-state index < -0.39 is 10.0 Å². The number of nitrogens with zero attached hydrogens (tertiary/aromatic N) is 2. The number of benzene rings is 1. The van der Waals surface area contributed by atoms with Crippen LogP contribution >= 0.6 is 11.8 Å². The third kappa shape index (κ3) is 4.24. The van der Waals surface area contributed by atoms with Crippen LogP contribution in [0.2, 0.25) is 0 Å². The number of rotatable bonds is 7. The van der Waals surface area contributed by atoms with E-state index in [0.29, 0.717) is 19.0 Å². The minimum Gasteiger partial charge on any atom is -0.497 e. The number of nitrogens with one attached hydrogen (secondary N) is 1. The van der Waals surface area contributed by atoms with Gasteiger partial charge in [0, 0.05) is 42.5 Å². The van der Waals surface area contributed by atoms with Gasteiger partial charge in [-0.1, -0.05) is 0 Å². The minimum absolute atomic E-state index is 0.0216. The summed E-state index contributed by atoms with van der Waals surface area (Å²) in [7, 11) is -1.99. The number of aromatic nitrogens is 1. The van der Waals surface area contributed by atoms with Crippen LogP contribution in [0.1, 0.15) is 30.3 Å². The Morgan fingerprint density at radius 1 is 1.23 bits per heavy atom. The van der Waals surface area contributed by atoms with Crippen LogP contribution in [-0.2, 0) is 10.0 Å². The number of amides is 1. The molecule has 1 saturated heterocycles. The van der Waals surface area contributed by atoms with Gasteiger partial charge in [0.2, 0.25) is 10.0 Å². The molecule has 1 saturated carbocycles. The number of thioether (sulfide) groups is 1. The number of methoxy groups -OCH3 is 1. The number of H-pyrrole nitrogens is 1. The highest BCUT2D eigenvalue weighted by atomic mass is 32.2. The molecular formula is C21H27N3O4S2. The summed E-state index contributed by atoms with van der Waals surface area (Å²) in [5.41, 5.74) is 1.05. The van der Waals surface area contributed by atoms with Gasteiger partial charge in [0.1, 0.15) is 16.3 Å². The van der Waals surface area contributed by atoms with Gasteiger partial charge in [-0.15, -0.1) is 0 Å². The number of hydrogen-bond donors (Lipinski definition) is 1. The lowest BCUT2D eigenvalue weighted by Crippen LogP contribution is -2.40. The third-order valence-electron chi connectivity index (χ3n) is 5.78. The summed E-state index contributed by atoms with van der Waals surface area (Å²) in [6, 6.07) is 8.87. The average molecular weight is 450 g/mol. The molecule has 0 spiro atoms. The fourth-order valence-corrected chi connectivity index (χ4v) is 6.35. The van der Waals surface area contributed by atoms with Gasteiger partial charge >= 0.3 is 0 Å². The van der Waals surface area contributed by atoms with Crippen LogP contribution in [0, 0.1) is 5.92 Å². The fourth-order valence-electron chi connectivity index (χ4n) is 3.78. The Labute approximate surface area is 181 Å². The molecule has 1 N–H and O–H groups in total. The Morgan fingerprint density at radius 3 is 2.50 bits per heavy atom. The topological polar surface area (TPSA) is 82.7 Å². The lowest BCUT2D eigenvalue weighted by atomic mass is 10.1. The van der Waals surface area contributed by atoms with Gasteiger partial charge in [-0.2, -0.15) is 16.1 Å². The number of hydrogen-bond acceptors (Lipinski definition) is 5. The van der Waals surface area contributed by atoms with Crippen LogP contribution in [-0.4, -0.2) is 61.4 Å². The first-order valence-electron chi connectivity index (χ1n) is 10.2. The van der Waals surface area contributed by atoms with E-state index in [9.17, 15) is 13.2 Å². The summed E-state index contributed by atoms with van der Waals surface area (Å²) in [4.78, 5) is 18.3. The Morgan fingerprint density at radius 2 is 1.90 bits per heavy atom. The lowest BCUT2D eigenvalue weighted by Gasteiger charge is -2.29.